The largest absolute Gasteiger partial charge is 0.481 e. The van der Waals surface area contributed by atoms with Crippen molar-refractivity contribution in [3.63, 3.8) is 0 Å². The van der Waals surface area contributed by atoms with Gasteiger partial charge in [0, 0.05) is 5.02 Å². The molecule has 0 bridgehead atoms. The highest BCUT2D eigenvalue weighted by Crippen LogP contribution is 2.18. The molecule has 0 spiro atoms. The van der Waals surface area contributed by atoms with Gasteiger partial charge in [0.15, 0.2) is 6.10 Å². The third-order valence-electron chi connectivity index (χ3n) is 2.95. The number of para-hydroxylation sites is 1. The lowest BCUT2D eigenvalue weighted by Gasteiger charge is -2.15. The molecule has 0 fully saturated rings. The predicted molar refractivity (Wildman–Crippen MR) is 85.1 cm³/mol. The number of carbonyl (C=O) groups excluding carboxylic acids is 2. The topological polar surface area (TPSA) is 81.4 Å². The Labute approximate surface area is 133 Å². The molecule has 6 heteroatoms. The van der Waals surface area contributed by atoms with Gasteiger partial charge in [-0.2, -0.15) is 0 Å². The van der Waals surface area contributed by atoms with Crippen LogP contribution in [0.25, 0.3) is 0 Å². The molecular formula is C16H15ClN2O3. The molecule has 3 N–H and O–H groups in total. The number of hydrogen-bond donors (Lipinski definition) is 2. The second-order valence-electron chi connectivity index (χ2n) is 4.61. The van der Waals surface area contributed by atoms with Gasteiger partial charge < -0.3 is 15.8 Å². The van der Waals surface area contributed by atoms with Crippen LogP contribution < -0.4 is 15.8 Å². The van der Waals surface area contributed by atoms with E-state index in [-0.39, 0.29) is 11.5 Å². The molecule has 0 saturated carbocycles. The summed E-state index contributed by atoms with van der Waals surface area (Å²) in [7, 11) is 0. The molecule has 22 heavy (non-hydrogen) atoms. The standard InChI is InChI=1S/C16H15ClN2O3/c1-10(22-12-8-6-11(17)7-9-12)16(21)19-14-5-3-2-4-13(14)15(18)20/h2-10H,1H3,(H2,18,20)(H,19,21). The van der Waals surface area contributed by atoms with Crippen molar-refractivity contribution < 1.29 is 14.3 Å². The highest BCUT2D eigenvalue weighted by Gasteiger charge is 2.17. The van der Waals surface area contributed by atoms with Crippen molar-refractivity contribution in [1.29, 1.82) is 0 Å². The highest BCUT2D eigenvalue weighted by atomic mass is 35.5. The van der Waals surface area contributed by atoms with Gasteiger partial charge in [0.1, 0.15) is 5.75 Å². The minimum atomic E-state index is -0.748. The molecule has 0 saturated heterocycles. The van der Waals surface area contributed by atoms with Gasteiger partial charge in [-0.05, 0) is 43.3 Å². The Morgan fingerprint density at radius 2 is 1.77 bits per heavy atom. The Morgan fingerprint density at radius 3 is 2.41 bits per heavy atom. The average Bonchev–Trinajstić information content (AvgIpc) is 2.49. The first kappa shape index (κ1) is 15.9. The van der Waals surface area contributed by atoms with E-state index in [1.54, 1.807) is 55.5 Å². The SMILES string of the molecule is CC(Oc1ccc(Cl)cc1)C(=O)Nc1ccccc1C(N)=O. The van der Waals surface area contributed by atoms with Crippen LogP contribution in [0.3, 0.4) is 0 Å². The molecule has 1 atom stereocenters. The van der Waals surface area contributed by atoms with Crippen molar-refractivity contribution in [3.8, 4) is 5.75 Å². The summed E-state index contributed by atoms with van der Waals surface area (Å²) in [5, 5.41) is 3.22. The maximum absolute atomic E-state index is 12.1. The predicted octanol–water partition coefficient (Wildman–Crippen LogP) is 2.84. The van der Waals surface area contributed by atoms with E-state index in [1.165, 1.54) is 0 Å². The van der Waals surface area contributed by atoms with Crippen LogP contribution in [0.1, 0.15) is 17.3 Å². The first-order valence-corrected chi connectivity index (χ1v) is 6.97. The molecule has 0 aliphatic heterocycles. The van der Waals surface area contributed by atoms with Crippen LogP contribution in [0, 0.1) is 0 Å². The van der Waals surface area contributed by atoms with E-state index in [0.29, 0.717) is 16.5 Å². The number of carbonyl (C=O) groups is 2. The van der Waals surface area contributed by atoms with E-state index in [0.717, 1.165) is 0 Å². The minimum Gasteiger partial charge on any atom is -0.481 e. The highest BCUT2D eigenvalue weighted by molar-refractivity contribution is 6.30. The summed E-state index contributed by atoms with van der Waals surface area (Å²) in [6.07, 6.45) is -0.748. The number of nitrogens with two attached hydrogens (primary N) is 1. The molecule has 2 rings (SSSR count). The fourth-order valence-corrected chi connectivity index (χ4v) is 1.94. The van der Waals surface area contributed by atoms with Crippen LogP contribution in [-0.4, -0.2) is 17.9 Å². The maximum Gasteiger partial charge on any atom is 0.265 e. The first-order chi connectivity index (χ1) is 10.5. The monoisotopic (exact) mass is 318 g/mol. The first-order valence-electron chi connectivity index (χ1n) is 6.59. The Hall–Kier alpha value is -2.53. The van der Waals surface area contributed by atoms with E-state index < -0.39 is 12.0 Å². The maximum atomic E-state index is 12.1. The fraction of sp³-hybridized carbons (Fsp3) is 0.125. The van der Waals surface area contributed by atoms with E-state index in [2.05, 4.69) is 5.32 Å². The van der Waals surface area contributed by atoms with Crippen molar-refractivity contribution in [3.05, 3.63) is 59.1 Å². The number of anilines is 1. The zero-order valence-corrected chi connectivity index (χ0v) is 12.6. The lowest BCUT2D eigenvalue weighted by Crippen LogP contribution is -2.31. The fourth-order valence-electron chi connectivity index (χ4n) is 1.81. The number of halogens is 1. The van der Waals surface area contributed by atoms with Gasteiger partial charge in [0.2, 0.25) is 0 Å². The van der Waals surface area contributed by atoms with Crippen LogP contribution in [0.4, 0.5) is 5.69 Å². The van der Waals surface area contributed by atoms with Crippen LogP contribution in [0.5, 0.6) is 5.75 Å². The van der Waals surface area contributed by atoms with Crippen molar-refractivity contribution in [2.75, 3.05) is 5.32 Å². The summed E-state index contributed by atoms with van der Waals surface area (Å²) in [5.74, 6) is -0.471. The molecule has 0 heterocycles. The summed E-state index contributed by atoms with van der Waals surface area (Å²) in [6, 6.07) is 13.2. The third kappa shape index (κ3) is 3.99. The molecule has 0 aliphatic rings. The van der Waals surface area contributed by atoms with Gasteiger partial charge in [0.05, 0.1) is 11.3 Å². The zero-order chi connectivity index (χ0) is 16.1. The molecule has 114 valence electrons. The lowest BCUT2D eigenvalue weighted by molar-refractivity contribution is -0.122. The molecule has 0 aromatic heterocycles. The summed E-state index contributed by atoms with van der Waals surface area (Å²) in [6.45, 7) is 1.61. The lowest BCUT2D eigenvalue weighted by atomic mass is 10.1. The summed E-state index contributed by atoms with van der Waals surface area (Å²) in [4.78, 5) is 23.5. The van der Waals surface area contributed by atoms with Crippen LogP contribution in [-0.2, 0) is 4.79 Å². The Kier molecular flexibility index (Phi) is 5.01. The number of rotatable bonds is 5. The molecule has 5 nitrogen and oxygen atoms in total. The second kappa shape index (κ2) is 6.95. The number of benzene rings is 2. The average molecular weight is 319 g/mol. The Morgan fingerprint density at radius 1 is 1.14 bits per heavy atom. The number of hydrogen-bond acceptors (Lipinski definition) is 3. The molecule has 0 aliphatic carbocycles. The van der Waals surface area contributed by atoms with Crippen molar-refractivity contribution in [2.24, 2.45) is 5.73 Å². The zero-order valence-electron chi connectivity index (χ0n) is 11.9. The summed E-state index contributed by atoms with van der Waals surface area (Å²) in [5.41, 5.74) is 5.87. The number of nitrogens with one attached hydrogen (secondary N) is 1. The van der Waals surface area contributed by atoms with Crippen molar-refractivity contribution in [2.45, 2.75) is 13.0 Å². The number of amides is 2. The van der Waals surface area contributed by atoms with Gasteiger partial charge in [-0.1, -0.05) is 23.7 Å². The molecule has 2 amide bonds. The number of primary amides is 1. The van der Waals surface area contributed by atoms with Crippen LogP contribution >= 0.6 is 11.6 Å². The van der Waals surface area contributed by atoms with E-state index in [1.807, 2.05) is 0 Å². The van der Waals surface area contributed by atoms with Gasteiger partial charge in [-0.25, -0.2) is 0 Å². The van der Waals surface area contributed by atoms with Crippen molar-refractivity contribution in [1.82, 2.24) is 0 Å². The van der Waals surface area contributed by atoms with Gasteiger partial charge in [-0.15, -0.1) is 0 Å². The molecular weight excluding hydrogens is 304 g/mol. The molecule has 1 unspecified atom stereocenters. The minimum absolute atomic E-state index is 0.245. The van der Waals surface area contributed by atoms with E-state index in [9.17, 15) is 9.59 Å². The number of ether oxygens (including phenoxy) is 1. The Balaban J connectivity index is 2.05. The molecule has 0 radical (unpaired) electrons. The Bertz CT molecular complexity index is 686. The summed E-state index contributed by atoms with van der Waals surface area (Å²) >= 11 is 5.79. The van der Waals surface area contributed by atoms with Gasteiger partial charge in [0.25, 0.3) is 11.8 Å². The smallest absolute Gasteiger partial charge is 0.265 e. The van der Waals surface area contributed by atoms with Crippen LogP contribution in [0.2, 0.25) is 5.02 Å². The second-order valence-corrected chi connectivity index (χ2v) is 5.05. The van der Waals surface area contributed by atoms with Crippen molar-refractivity contribution >= 4 is 29.1 Å². The van der Waals surface area contributed by atoms with E-state index in [4.69, 9.17) is 22.1 Å². The quantitative estimate of drug-likeness (QED) is 0.889. The molecule has 2 aromatic carbocycles. The normalized spacial score (nSPS) is 11.5. The van der Waals surface area contributed by atoms with E-state index >= 15 is 0 Å². The third-order valence-corrected chi connectivity index (χ3v) is 3.20. The molecule has 2 aromatic rings. The van der Waals surface area contributed by atoms with Crippen LogP contribution in [0.15, 0.2) is 48.5 Å². The van der Waals surface area contributed by atoms with Gasteiger partial charge >= 0.3 is 0 Å². The van der Waals surface area contributed by atoms with Gasteiger partial charge in [-0.3, -0.25) is 9.59 Å². The summed E-state index contributed by atoms with van der Waals surface area (Å²) < 4.78 is 5.52.